The summed E-state index contributed by atoms with van der Waals surface area (Å²) in [6.45, 7) is 2.12. The van der Waals surface area contributed by atoms with Gasteiger partial charge in [-0.25, -0.2) is 0 Å². The van der Waals surface area contributed by atoms with Crippen LogP contribution in [0.25, 0.3) is 0 Å². The van der Waals surface area contributed by atoms with Crippen LogP contribution in [0, 0.1) is 12.3 Å². The third kappa shape index (κ3) is 3.77. The predicted octanol–water partition coefficient (Wildman–Crippen LogP) is 3.57. The number of esters is 1. The van der Waals surface area contributed by atoms with Crippen molar-refractivity contribution in [2.24, 2.45) is 5.41 Å². The van der Waals surface area contributed by atoms with Gasteiger partial charge in [0.1, 0.15) is 0 Å². The Balaban J connectivity index is 1.77. The van der Waals surface area contributed by atoms with E-state index in [0.29, 0.717) is 6.42 Å². The quantitative estimate of drug-likeness (QED) is 0.735. The normalized spacial score (nSPS) is 16.3. The molecule has 0 aliphatic heterocycles. The molecule has 18 heavy (non-hydrogen) atoms. The van der Waals surface area contributed by atoms with E-state index in [4.69, 9.17) is 4.74 Å². The van der Waals surface area contributed by atoms with E-state index in [1.807, 2.05) is 11.8 Å². The Morgan fingerprint density at radius 3 is 2.83 bits per heavy atom. The van der Waals surface area contributed by atoms with Crippen molar-refractivity contribution in [1.82, 2.24) is 0 Å². The number of aryl methyl sites for hydroxylation is 1. The van der Waals surface area contributed by atoms with Gasteiger partial charge in [0.2, 0.25) is 0 Å². The van der Waals surface area contributed by atoms with Crippen LogP contribution in [0.3, 0.4) is 0 Å². The number of hydrogen-bond donors (Lipinski definition) is 0. The molecule has 0 radical (unpaired) electrons. The van der Waals surface area contributed by atoms with Crippen LogP contribution in [-0.4, -0.2) is 18.8 Å². The Kier molecular flexibility index (Phi) is 4.33. The summed E-state index contributed by atoms with van der Waals surface area (Å²) in [6, 6.07) is 8.62. The molecule has 0 amide bonds. The third-order valence-corrected chi connectivity index (χ3v) is 4.82. The maximum atomic E-state index is 11.3. The maximum Gasteiger partial charge on any atom is 0.306 e. The van der Waals surface area contributed by atoms with E-state index in [1.54, 1.807) is 0 Å². The van der Waals surface area contributed by atoms with Crippen molar-refractivity contribution in [2.75, 3.05) is 12.9 Å². The lowest BCUT2D eigenvalue weighted by Gasteiger charge is -2.13. The Morgan fingerprint density at radius 1 is 1.44 bits per heavy atom. The second kappa shape index (κ2) is 5.79. The predicted molar refractivity (Wildman–Crippen MR) is 75.6 cm³/mol. The van der Waals surface area contributed by atoms with Crippen LogP contribution < -0.4 is 0 Å². The van der Waals surface area contributed by atoms with Crippen molar-refractivity contribution in [3.8, 4) is 0 Å². The van der Waals surface area contributed by atoms with Crippen LogP contribution in [0.4, 0.5) is 0 Å². The number of ether oxygens (including phenoxy) is 1. The highest BCUT2D eigenvalue weighted by molar-refractivity contribution is 7.98. The first-order valence-corrected chi connectivity index (χ1v) is 7.49. The molecule has 3 heteroatoms. The third-order valence-electron chi connectivity index (χ3n) is 3.46. The summed E-state index contributed by atoms with van der Waals surface area (Å²) < 4.78 is 4.76. The fraction of sp³-hybridized carbons (Fsp3) is 0.533. The summed E-state index contributed by atoms with van der Waals surface area (Å²) in [7, 11) is 1.47. The Morgan fingerprint density at radius 2 is 2.22 bits per heavy atom. The topological polar surface area (TPSA) is 26.3 Å². The fourth-order valence-corrected chi connectivity index (χ4v) is 3.46. The van der Waals surface area contributed by atoms with Crippen LogP contribution >= 0.6 is 11.8 Å². The molecule has 1 aromatic rings. The Hall–Kier alpha value is -0.960. The van der Waals surface area contributed by atoms with E-state index in [9.17, 15) is 4.79 Å². The summed E-state index contributed by atoms with van der Waals surface area (Å²) in [4.78, 5) is 11.3. The molecule has 0 saturated heterocycles. The van der Waals surface area contributed by atoms with Crippen molar-refractivity contribution >= 4 is 17.7 Å². The molecule has 98 valence electrons. The standard InChI is InChI=1S/C15H20O2S/c1-12-4-3-5-13(8-12)10-18-11-15(6-7-15)9-14(16)17-2/h3-5,8H,6-7,9-11H2,1-2H3. The molecule has 2 nitrogen and oxygen atoms in total. The van der Waals surface area contributed by atoms with Gasteiger partial charge in [-0.15, -0.1) is 0 Å². The summed E-state index contributed by atoms with van der Waals surface area (Å²) in [6.07, 6.45) is 2.93. The monoisotopic (exact) mass is 264 g/mol. The molecule has 1 aliphatic carbocycles. The average Bonchev–Trinajstić information content (AvgIpc) is 3.09. The fourth-order valence-electron chi connectivity index (χ4n) is 2.11. The molecule has 0 unspecified atom stereocenters. The van der Waals surface area contributed by atoms with Crippen molar-refractivity contribution in [3.63, 3.8) is 0 Å². The number of methoxy groups -OCH3 is 1. The van der Waals surface area contributed by atoms with Crippen molar-refractivity contribution in [3.05, 3.63) is 35.4 Å². The first-order valence-electron chi connectivity index (χ1n) is 6.34. The average molecular weight is 264 g/mol. The summed E-state index contributed by atoms with van der Waals surface area (Å²) in [5.74, 6) is 2.03. The van der Waals surface area contributed by atoms with E-state index in [1.165, 1.54) is 31.1 Å². The minimum Gasteiger partial charge on any atom is -0.469 e. The van der Waals surface area contributed by atoms with Crippen molar-refractivity contribution in [2.45, 2.75) is 31.9 Å². The molecule has 2 rings (SSSR count). The molecule has 0 heterocycles. The number of carbonyl (C=O) groups is 1. The molecule has 0 N–H and O–H groups in total. The largest absolute Gasteiger partial charge is 0.469 e. The molecule has 0 atom stereocenters. The van der Waals surface area contributed by atoms with E-state index in [0.717, 1.165) is 11.5 Å². The van der Waals surface area contributed by atoms with Crippen molar-refractivity contribution < 1.29 is 9.53 Å². The molecule has 0 bridgehead atoms. The van der Waals surface area contributed by atoms with Gasteiger partial charge in [0.15, 0.2) is 0 Å². The van der Waals surface area contributed by atoms with Gasteiger partial charge in [0.25, 0.3) is 0 Å². The molecule has 1 saturated carbocycles. The Labute approximate surface area is 113 Å². The molecular formula is C15H20O2S. The van der Waals surface area contributed by atoms with E-state index < -0.39 is 0 Å². The molecule has 0 spiro atoms. The number of rotatable bonds is 6. The minimum atomic E-state index is -0.0661. The maximum absolute atomic E-state index is 11.3. The van der Waals surface area contributed by atoms with Gasteiger partial charge in [-0.2, -0.15) is 11.8 Å². The second-order valence-corrected chi connectivity index (χ2v) is 6.22. The molecular weight excluding hydrogens is 244 g/mol. The van der Waals surface area contributed by atoms with Crippen molar-refractivity contribution in [1.29, 1.82) is 0 Å². The van der Waals surface area contributed by atoms with Crippen LogP contribution in [0.5, 0.6) is 0 Å². The zero-order valence-electron chi connectivity index (χ0n) is 11.1. The highest BCUT2D eigenvalue weighted by atomic mass is 32.2. The first kappa shape index (κ1) is 13.5. The van der Waals surface area contributed by atoms with Gasteiger partial charge in [-0.05, 0) is 36.5 Å². The lowest BCUT2D eigenvalue weighted by molar-refractivity contribution is -0.141. The second-order valence-electron chi connectivity index (χ2n) is 5.23. The van der Waals surface area contributed by atoms with E-state index in [-0.39, 0.29) is 11.4 Å². The Bertz CT molecular complexity index is 424. The lowest BCUT2D eigenvalue weighted by Crippen LogP contribution is -2.13. The smallest absolute Gasteiger partial charge is 0.306 e. The first-order chi connectivity index (χ1) is 8.63. The highest BCUT2D eigenvalue weighted by Gasteiger charge is 2.44. The van der Waals surface area contributed by atoms with Crippen LogP contribution in [-0.2, 0) is 15.3 Å². The van der Waals surface area contributed by atoms with Crippen LogP contribution in [0.2, 0.25) is 0 Å². The van der Waals surface area contributed by atoms with Gasteiger partial charge < -0.3 is 4.74 Å². The van der Waals surface area contributed by atoms with Gasteiger partial charge >= 0.3 is 5.97 Å². The minimum absolute atomic E-state index is 0.0661. The van der Waals surface area contributed by atoms with E-state index in [2.05, 4.69) is 31.2 Å². The highest BCUT2D eigenvalue weighted by Crippen LogP contribution is 2.51. The molecule has 0 aromatic heterocycles. The van der Waals surface area contributed by atoms with Gasteiger partial charge in [0.05, 0.1) is 13.5 Å². The number of carbonyl (C=O) groups excluding carboxylic acids is 1. The lowest BCUT2D eigenvalue weighted by atomic mass is 10.1. The van der Waals surface area contributed by atoms with Crippen LogP contribution in [0.1, 0.15) is 30.4 Å². The molecule has 1 aliphatic rings. The van der Waals surface area contributed by atoms with Gasteiger partial charge in [-0.3, -0.25) is 4.79 Å². The molecule has 1 aromatic carbocycles. The zero-order valence-corrected chi connectivity index (χ0v) is 11.9. The molecule has 1 fully saturated rings. The van der Waals surface area contributed by atoms with Gasteiger partial charge in [-0.1, -0.05) is 29.8 Å². The van der Waals surface area contributed by atoms with Crippen LogP contribution in [0.15, 0.2) is 24.3 Å². The summed E-state index contributed by atoms with van der Waals surface area (Å²) in [5, 5.41) is 0. The van der Waals surface area contributed by atoms with Gasteiger partial charge in [0, 0.05) is 5.75 Å². The number of thioether (sulfide) groups is 1. The SMILES string of the molecule is COC(=O)CC1(CSCc2cccc(C)c2)CC1. The zero-order chi connectivity index (χ0) is 13.0. The number of benzene rings is 1. The summed E-state index contributed by atoms with van der Waals surface area (Å²) in [5.41, 5.74) is 2.92. The summed E-state index contributed by atoms with van der Waals surface area (Å²) >= 11 is 1.93. The number of hydrogen-bond acceptors (Lipinski definition) is 3. The van der Waals surface area contributed by atoms with E-state index >= 15 is 0 Å².